The Bertz CT molecular complexity index is 968. The Morgan fingerprint density at radius 3 is 1.86 bits per heavy atom. The van der Waals surface area contributed by atoms with E-state index in [-0.39, 0.29) is 12.2 Å². The average Bonchev–Trinajstić information content (AvgIpc) is 2.80. The van der Waals surface area contributed by atoms with Gasteiger partial charge in [-0.15, -0.1) is 0 Å². The van der Waals surface area contributed by atoms with Crippen LogP contribution in [0.15, 0.2) is 24.3 Å². The summed E-state index contributed by atoms with van der Waals surface area (Å²) in [5, 5.41) is 43.1. The maximum atomic E-state index is 13.0. The SMILES string of the molecule is NC(=O)CC(NC(=O)C(Cc1ccc(O)cc1)NC(=O)C(N)CO)C(=O)NC(CCC(=O)O)C(=O)O. The second kappa shape index (κ2) is 14.2. The maximum absolute atomic E-state index is 13.0. The van der Waals surface area contributed by atoms with Gasteiger partial charge in [0.05, 0.1) is 13.0 Å². The molecule has 0 fully saturated rings. The van der Waals surface area contributed by atoms with Gasteiger partial charge in [0, 0.05) is 12.8 Å². The number of carbonyl (C=O) groups is 6. The van der Waals surface area contributed by atoms with Crippen LogP contribution >= 0.6 is 0 Å². The lowest BCUT2D eigenvalue weighted by molar-refractivity contribution is -0.143. The molecule has 1 aromatic carbocycles. The Kier molecular flexibility index (Phi) is 11.8. The molecular formula is C21H29N5O10. The number of hydrogen-bond donors (Lipinski definition) is 9. The first-order chi connectivity index (χ1) is 16.8. The van der Waals surface area contributed by atoms with Crippen molar-refractivity contribution in [2.45, 2.75) is 49.9 Å². The first-order valence-corrected chi connectivity index (χ1v) is 10.6. The topological polar surface area (TPSA) is 271 Å². The van der Waals surface area contributed by atoms with E-state index in [4.69, 9.17) is 21.7 Å². The van der Waals surface area contributed by atoms with Gasteiger partial charge in [0.25, 0.3) is 0 Å². The van der Waals surface area contributed by atoms with E-state index in [9.17, 15) is 39.0 Å². The molecule has 15 nitrogen and oxygen atoms in total. The molecule has 0 aromatic heterocycles. The molecule has 0 bridgehead atoms. The number of phenols is 1. The van der Waals surface area contributed by atoms with Gasteiger partial charge in [0.1, 0.15) is 29.9 Å². The van der Waals surface area contributed by atoms with Gasteiger partial charge in [-0.2, -0.15) is 0 Å². The normalized spacial score (nSPS) is 13.9. The van der Waals surface area contributed by atoms with Crippen molar-refractivity contribution < 1.29 is 49.2 Å². The third-order valence-corrected chi connectivity index (χ3v) is 4.84. The first kappa shape index (κ1) is 29.8. The van der Waals surface area contributed by atoms with E-state index < -0.39 is 85.6 Å². The fourth-order valence-electron chi connectivity index (χ4n) is 2.92. The van der Waals surface area contributed by atoms with Gasteiger partial charge >= 0.3 is 11.9 Å². The van der Waals surface area contributed by atoms with Crippen LogP contribution in [0.3, 0.4) is 0 Å². The molecule has 4 unspecified atom stereocenters. The Labute approximate surface area is 204 Å². The molecular weight excluding hydrogens is 482 g/mol. The molecule has 0 aliphatic heterocycles. The maximum Gasteiger partial charge on any atom is 0.326 e. The molecule has 36 heavy (non-hydrogen) atoms. The first-order valence-electron chi connectivity index (χ1n) is 10.6. The molecule has 0 saturated carbocycles. The van der Waals surface area contributed by atoms with Crippen LogP contribution in [0.4, 0.5) is 0 Å². The van der Waals surface area contributed by atoms with Crippen molar-refractivity contribution in [1.29, 1.82) is 0 Å². The zero-order valence-electron chi connectivity index (χ0n) is 19.0. The van der Waals surface area contributed by atoms with E-state index in [1.807, 2.05) is 0 Å². The number of aliphatic hydroxyl groups excluding tert-OH is 1. The molecule has 0 heterocycles. The lowest BCUT2D eigenvalue weighted by Gasteiger charge is -2.24. The number of nitrogens with one attached hydrogen (secondary N) is 3. The summed E-state index contributed by atoms with van der Waals surface area (Å²) in [7, 11) is 0. The van der Waals surface area contributed by atoms with Crippen LogP contribution < -0.4 is 27.4 Å². The second-order valence-corrected chi connectivity index (χ2v) is 7.78. The molecule has 1 rings (SSSR count). The van der Waals surface area contributed by atoms with E-state index in [1.54, 1.807) is 0 Å². The summed E-state index contributed by atoms with van der Waals surface area (Å²) in [5.41, 5.74) is 11.1. The van der Waals surface area contributed by atoms with Crippen LogP contribution in [-0.2, 0) is 35.2 Å². The van der Waals surface area contributed by atoms with Gasteiger partial charge in [0.15, 0.2) is 0 Å². The van der Waals surface area contributed by atoms with E-state index >= 15 is 0 Å². The third kappa shape index (κ3) is 10.4. The number of carbonyl (C=O) groups excluding carboxylic acids is 4. The molecule has 0 spiro atoms. The zero-order chi connectivity index (χ0) is 27.4. The predicted octanol–water partition coefficient (Wildman–Crippen LogP) is -3.47. The number of phenolic OH excluding ortho intramolecular Hbond substituents is 1. The van der Waals surface area contributed by atoms with Crippen LogP contribution in [0.25, 0.3) is 0 Å². The Balaban J connectivity index is 3.11. The highest BCUT2D eigenvalue weighted by Crippen LogP contribution is 2.12. The zero-order valence-corrected chi connectivity index (χ0v) is 19.0. The van der Waals surface area contributed by atoms with Crippen molar-refractivity contribution >= 4 is 35.6 Å². The fraction of sp³-hybridized carbons (Fsp3) is 0.429. The van der Waals surface area contributed by atoms with Gasteiger partial charge in [-0.25, -0.2) is 4.79 Å². The molecule has 11 N–H and O–H groups in total. The number of aliphatic carboxylic acids is 2. The molecule has 15 heteroatoms. The van der Waals surface area contributed by atoms with Crippen LogP contribution in [0, 0.1) is 0 Å². The Morgan fingerprint density at radius 1 is 0.833 bits per heavy atom. The van der Waals surface area contributed by atoms with Crippen molar-refractivity contribution in [1.82, 2.24) is 16.0 Å². The summed E-state index contributed by atoms with van der Waals surface area (Å²) in [4.78, 5) is 71.4. The van der Waals surface area contributed by atoms with E-state index in [0.717, 1.165) is 0 Å². The lowest BCUT2D eigenvalue weighted by atomic mass is 10.0. The molecule has 0 aliphatic carbocycles. The number of carboxylic acid groups (broad SMARTS) is 2. The minimum Gasteiger partial charge on any atom is -0.508 e. The summed E-state index contributed by atoms with van der Waals surface area (Å²) < 4.78 is 0. The molecule has 4 atom stereocenters. The minimum absolute atomic E-state index is 0.0554. The number of carboxylic acids is 2. The highest BCUT2D eigenvalue weighted by Gasteiger charge is 2.31. The standard InChI is InChI=1S/C21H29N5O10/c22-12(9-27)18(32)25-14(7-10-1-3-11(28)4-2-10)19(33)26-15(8-16(23)29)20(34)24-13(21(35)36)5-6-17(30)31/h1-4,12-15,27-28H,5-9,22H2,(H2,23,29)(H,24,34)(H,25,32)(H,26,33)(H,30,31)(H,35,36). The number of benzene rings is 1. The van der Waals surface area contributed by atoms with Crippen LogP contribution in [0.2, 0.25) is 0 Å². The number of aromatic hydroxyl groups is 1. The van der Waals surface area contributed by atoms with E-state index in [0.29, 0.717) is 5.56 Å². The smallest absolute Gasteiger partial charge is 0.326 e. The number of aliphatic hydroxyl groups is 1. The molecule has 0 saturated heterocycles. The minimum atomic E-state index is -1.66. The van der Waals surface area contributed by atoms with Crippen LogP contribution in [0.1, 0.15) is 24.8 Å². The molecule has 198 valence electrons. The predicted molar refractivity (Wildman–Crippen MR) is 121 cm³/mol. The summed E-state index contributed by atoms with van der Waals surface area (Å²) in [6.07, 6.45) is -1.93. The molecule has 0 aliphatic rings. The Hall–Kier alpha value is -4.24. The fourth-order valence-corrected chi connectivity index (χ4v) is 2.92. The number of primary amides is 1. The number of amides is 4. The van der Waals surface area contributed by atoms with Crippen LogP contribution in [-0.4, -0.2) is 86.8 Å². The third-order valence-electron chi connectivity index (χ3n) is 4.84. The summed E-state index contributed by atoms with van der Waals surface area (Å²) in [6.45, 7) is -0.723. The molecule has 0 radical (unpaired) electrons. The highest BCUT2D eigenvalue weighted by molar-refractivity contribution is 5.96. The molecule has 1 aromatic rings. The van der Waals surface area contributed by atoms with E-state index in [2.05, 4.69) is 16.0 Å². The van der Waals surface area contributed by atoms with Crippen molar-refractivity contribution in [2.75, 3.05) is 6.61 Å². The number of rotatable bonds is 15. The van der Waals surface area contributed by atoms with Gasteiger partial charge in [-0.3, -0.25) is 24.0 Å². The average molecular weight is 511 g/mol. The van der Waals surface area contributed by atoms with Gasteiger partial charge < -0.3 is 47.8 Å². The summed E-state index contributed by atoms with van der Waals surface area (Å²) in [5.74, 6) is -6.90. The second-order valence-electron chi connectivity index (χ2n) is 7.78. The summed E-state index contributed by atoms with van der Waals surface area (Å²) in [6, 6.07) is -0.442. The lowest BCUT2D eigenvalue weighted by Crippen LogP contribution is -2.58. The Morgan fingerprint density at radius 2 is 1.36 bits per heavy atom. The quantitative estimate of drug-likeness (QED) is 0.112. The van der Waals surface area contributed by atoms with Crippen molar-refractivity contribution in [2.24, 2.45) is 11.5 Å². The van der Waals surface area contributed by atoms with Gasteiger partial charge in [-0.05, 0) is 24.1 Å². The van der Waals surface area contributed by atoms with Gasteiger partial charge in [0.2, 0.25) is 23.6 Å². The van der Waals surface area contributed by atoms with E-state index in [1.165, 1.54) is 24.3 Å². The number of nitrogens with two attached hydrogens (primary N) is 2. The van der Waals surface area contributed by atoms with Crippen molar-refractivity contribution in [3.8, 4) is 5.75 Å². The van der Waals surface area contributed by atoms with Crippen molar-refractivity contribution in [3.63, 3.8) is 0 Å². The summed E-state index contributed by atoms with van der Waals surface area (Å²) >= 11 is 0. The molecule has 4 amide bonds. The van der Waals surface area contributed by atoms with Crippen molar-refractivity contribution in [3.05, 3.63) is 29.8 Å². The van der Waals surface area contributed by atoms with Gasteiger partial charge in [-0.1, -0.05) is 12.1 Å². The largest absolute Gasteiger partial charge is 0.508 e. The highest BCUT2D eigenvalue weighted by atomic mass is 16.4. The van der Waals surface area contributed by atoms with Crippen LogP contribution in [0.5, 0.6) is 5.75 Å². The number of hydrogen-bond acceptors (Lipinski definition) is 9. The monoisotopic (exact) mass is 511 g/mol.